The van der Waals surface area contributed by atoms with Crippen molar-refractivity contribution in [1.82, 2.24) is 9.55 Å². The maximum atomic E-state index is 4.01. The molecular formula is C5H9N2P. The zero-order valence-corrected chi connectivity index (χ0v) is 5.99. The molecule has 8 heavy (non-hydrogen) atoms. The van der Waals surface area contributed by atoms with E-state index in [1.807, 2.05) is 6.20 Å². The Bertz CT molecular complexity index is 171. The SMILES string of the molecule is CCn1ccnc1P. The molecule has 0 aromatic carbocycles. The van der Waals surface area contributed by atoms with Crippen molar-refractivity contribution >= 4 is 14.8 Å². The summed E-state index contributed by atoms with van der Waals surface area (Å²) in [4.78, 5) is 4.01. The number of hydrogen-bond acceptors (Lipinski definition) is 1. The molecule has 3 heteroatoms. The van der Waals surface area contributed by atoms with E-state index >= 15 is 0 Å². The molecule has 0 saturated carbocycles. The molecule has 0 spiro atoms. The van der Waals surface area contributed by atoms with Crippen molar-refractivity contribution in [3.05, 3.63) is 12.4 Å². The van der Waals surface area contributed by atoms with Gasteiger partial charge in [-0.25, -0.2) is 4.98 Å². The lowest BCUT2D eigenvalue weighted by atomic mass is 10.7. The molecule has 0 saturated heterocycles. The van der Waals surface area contributed by atoms with Gasteiger partial charge in [-0.1, -0.05) is 9.24 Å². The van der Waals surface area contributed by atoms with Crippen LogP contribution in [0.15, 0.2) is 12.4 Å². The Balaban J connectivity index is 2.92. The van der Waals surface area contributed by atoms with Crippen LogP contribution in [0.1, 0.15) is 6.92 Å². The lowest BCUT2D eigenvalue weighted by Gasteiger charge is -1.95. The largest absolute Gasteiger partial charge is 0.332 e. The van der Waals surface area contributed by atoms with Gasteiger partial charge >= 0.3 is 0 Å². The zero-order chi connectivity index (χ0) is 5.98. The summed E-state index contributed by atoms with van der Waals surface area (Å²) in [6, 6.07) is 0. The lowest BCUT2D eigenvalue weighted by Crippen LogP contribution is -2.08. The van der Waals surface area contributed by atoms with Gasteiger partial charge < -0.3 is 4.57 Å². The van der Waals surface area contributed by atoms with Crippen LogP contribution in [0.4, 0.5) is 0 Å². The van der Waals surface area contributed by atoms with Crippen LogP contribution in [0, 0.1) is 0 Å². The third kappa shape index (κ3) is 0.896. The van der Waals surface area contributed by atoms with Crippen molar-refractivity contribution in [2.24, 2.45) is 0 Å². The van der Waals surface area contributed by atoms with Gasteiger partial charge in [0.05, 0.1) is 0 Å². The predicted octanol–water partition coefficient (Wildman–Crippen LogP) is 0.403. The van der Waals surface area contributed by atoms with Gasteiger partial charge in [0, 0.05) is 18.9 Å². The zero-order valence-electron chi connectivity index (χ0n) is 4.83. The van der Waals surface area contributed by atoms with E-state index in [1.165, 1.54) is 0 Å². The highest BCUT2D eigenvalue weighted by Crippen LogP contribution is 1.86. The Morgan fingerprint density at radius 1 is 1.88 bits per heavy atom. The Hall–Kier alpha value is -0.360. The van der Waals surface area contributed by atoms with Gasteiger partial charge in [-0.2, -0.15) is 0 Å². The van der Waals surface area contributed by atoms with Gasteiger partial charge in [-0.05, 0) is 6.92 Å². The van der Waals surface area contributed by atoms with Gasteiger partial charge in [-0.15, -0.1) is 0 Å². The van der Waals surface area contributed by atoms with Crippen molar-refractivity contribution in [1.29, 1.82) is 0 Å². The molecule has 0 aliphatic carbocycles. The lowest BCUT2D eigenvalue weighted by molar-refractivity contribution is 0.787. The highest BCUT2D eigenvalue weighted by molar-refractivity contribution is 7.26. The monoisotopic (exact) mass is 128 g/mol. The summed E-state index contributed by atoms with van der Waals surface area (Å²) in [6.07, 6.45) is 3.76. The first-order valence-corrected chi connectivity index (χ1v) is 3.19. The maximum Gasteiger partial charge on any atom is 0.125 e. The Kier molecular flexibility index (Phi) is 1.64. The third-order valence-electron chi connectivity index (χ3n) is 1.09. The summed E-state index contributed by atoms with van der Waals surface area (Å²) in [6.45, 7) is 3.09. The minimum Gasteiger partial charge on any atom is -0.332 e. The van der Waals surface area contributed by atoms with Gasteiger partial charge in [0.15, 0.2) is 0 Å². The second-order valence-corrected chi connectivity index (χ2v) is 2.09. The molecule has 1 heterocycles. The van der Waals surface area contributed by atoms with Crippen LogP contribution in [-0.2, 0) is 6.54 Å². The summed E-state index contributed by atoms with van der Waals surface area (Å²) in [5.41, 5.74) is 1.01. The van der Waals surface area contributed by atoms with E-state index in [4.69, 9.17) is 0 Å². The van der Waals surface area contributed by atoms with Crippen molar-refractivity contribution in [3.8, 4) is 0 Å². The number of rotatable bonds is 1. The van der Waals surface area contributed by atoms with E-state index in [-0.39, 0.29) is 0 Å². The standard InChI is InChI=1S/C5H9N2P/c1-2-7-4-3-6-5(7)8/h3-4H,2,8H2,1H3. The summed E-state index contributed by atoms with van der Waals surface area (Å²) < 4.78 is 2.06. The van der Waals surface area contributed by atoms with E-state index in [1.54, 1.807) is 6.20 Å². The summed E-state index contributed by atoms with van der Waals surface area (Å²) >= 11 is 0. The molecule has 2 nitrogen and oxygen atoms in total. The van der Waals surface area contributed by atoms with Gasteiger partial charge in [0.1, 0.15) is 5.57 Å². The summed E-state index contributed by atoms with van der Waals surface area (Å²) in [5.74, 6) is 0. The van der Waals surface area contributed by atoms with Gasteiger partial charge in [0.25, 0.3) is 0 Å². The molecule has 1 atom stereocenters. The second-order valence-electron chi connectivity index (χ2n) is 1.57. The molecule has 1 aromatic rings. The van der Waals surface area contributed by atoms with Gasteiger partial charge in [0.2, 0.25) is 0 Å². The Morgan fingerprint density at radius 3 is 2.88 bits per heavy atom. The molecular weight excluding hydrogens is 119 g/mol. The molecule has 0 fully saturated rings. The van der Waals surface area contributed by atoms with Crippen LogP contribution < -0.4 is 5.57 Å². The highest BCUT2D eigenvalue weighted by Gasteiger charge is 1.88. The van der Waals surface area contributed by atoms with E-state index in [0.717, 1.165) is 12.1 Å². The van der Waals surface area contributed by atoms with Crippen molar-refractivity contribution in [2.45, 2.75) is 13.5 Å². The number of imidazole rings is 1. The van der Waals surface area contributed by atoms with Crippen molar-refractivity contribution in [2.75, 3.05) is 0 Å². The quantitative estimate of drug-likeness (QED) is 0.501. The molecule has 0 aliphatic heterocycles. The molecule has 0 amide bonds. The first-order chi connectivity index (χ1) is 3.84. The van der Waals surface area contributed by atoms with Crippen LogP contribution in [0.25, 0.3) is 0 Å². The summed E-state index contributed by atoms with van der Waals surface area (Å²) in [5, 5.41) is 0. The molecule has 0 N–H and O–H groups in total. The second kappa shape index (κ2) is 2.27. The molecule has 44 valence electrons. The number of nitrogens with zero attached hydrogens (tertiary/aromatic N) is 2. The van der Waals surface area contributed by atoms with E-state index in [2.05, 4.69) is 25.7 Å². The molecule has 1 rings (SSSR count). The van der Waals surface area contributed by atoms with Crippen molar-refractivity contribution < 1.29 is 0 Å². The smallest absolute Gasteiger partial charge is 0.125 e. The van der Waals surface area contributed by atoms with E-state index in [9.17, 15) is 0 Å². The first-order valence-electron chi connectivity index (χ1n) is 2.61. The fourth-order valence-electron chi connectivity index (χ4n) is 0.608. The van der Waals surface area contributed by atoms with Gasteiger partial charge in [-0.3, -0.25) is 0 Å². The average Bonchev–Trinajstić information content (AvgIpc) is 2.14. The van der Waals surface area contributed by atoms with Crippen LogP contribution in [0.2, 0.25) is 0 Å². The fraction of sp³-hybridized carbons (Fsp3) is 0.400. The van der Waals surface area contributed by atoms with Crippen LogP contribution in [-0.4, -0.2) is 9.55 Å². The summed E-state index contributed by atoms with van der Waals surface area (Å²) in [7, 11) is 2.57. The molecule has 0 radical (unpaired) electrons. The number of hydrogen-bond donors (Lipinski definition) is 0. The molecule has 0 bridgehead atoms. The predicted molar refractivity (Wildman–Crippen MR) is 37.2 cm³/mol. The number of aryl methyl sites for hydroxylation is 1. The normalized spacial score (nSPS) is 9.75. The third-order valence-corrected chi connectivity index (χ3v) is 1.57. The average molecular weight is 128 g/mol. The van der Waals surface area contributed by atoms with Crippen molar-refractivity contribution in [3.63, 3.8) is 0 Å². The minimum atomic E-state index is 0.999. The first kappa shape index (κ1) is 5.77. The van der Waals surface area contributed by atoms with Crippen LogP contribution in [0.5, 0.6) is 0 Å². The fourth-order valence-corrected chi connectivity index (χ4v) is 0.963. The maximum absolute atomic E-state index is 4.01. The highest BCUT2D eigenvalue weighted by atomic mass is 31.0. The van der Waals surface area contributed by atoms with Crippen LogP contribution >= 0.6 is 9.24 Å². The van der Waals surface area contributed by atoms with E-state index in [0.29, 0.717) is 0 Å². The molecule has 0 aliphatic rings. The Morgan fingerprint density at radius 2 is 2.62 bits per heavy atom. The molecule has 1 aromatic heterocycles. The van der Waals surface area contributed by atoms with Crippen LogP contribution in [0.3, 0.4) is 0 Å². The van der Waals surface area contributed by atoms with E-state index < -0.39 is 0 Å². The number of aromatic nitrogens is 2. The minimum absolute atomic E-state index is 0.999. The Labute approximate surface area is 51.1 Å². The topological polar surface area (TPSA) is 17.8 Å². The molecule has 1 unspecified atom stereocenters.